The van der Waals surface area contributed by atoms with Crippen molar-refractivity contribution in [2.75, 3.05) is 0 Å². The van der Waals surface area contributed by atoms with E-state index in [0.29, 0.717) is 0 Å². The lowest BCUT2D eigenvalue weighted by atomic mass is 9.95. The fourth-order valence-corrected chi connectivity index (χ4v) is 2.65. The Morgan fingerprint density at radius 3 is 2.05 bits per heavy atom. The van der Waals surface area contributed by atoms with Gasteiger partial charge in [0, 0.05) is 5.02 Å². The van der Waals surface area contributed by atoms with Crippen LogP contribution in [0.3, 0.4) is 0 Å². The second-order valence-electron chi connectivity index (χ2n) is 4.97. The minimum Gasteiger partial charge on any atom is -0.508 e. The van der Waals surface area contributed by atoms with Gasteiger partial charge in [0.1, 0.15) is 5.75 Å². The highest BCUT2D eigenvalue weighted by molar-refractivity contribution is 6.31. The molecule has 0 saturated heterocycles. The third kappa shape index (κ3) is 3.09. The smallest absolute Gasteiger partial charge is 0.115 e. The van der Waals surface area contributed by atoms with E-state index in [-0.39, 0.29) is 5.75 Å². The van der Waals surface area contributed by atoms with E-state index in [1.807, 2.05) is 42.5 Å². The van der Waals surface area contributed by atoms with Gasteiger partial charge in [0.2, 0.25) is 0 Å². The van der Waals surface area contributed by atoms with E-state index in [0.717, 1.165) is 28.1 Å². The van der Waals surface area contributed by atoms with Gasteiger partial charge in [-0.2, -0.15) is 0 Å². The molecule has 0 unspecified atom stereocenters. The molecular weight excluding hydrogens is 280 g/mol. The summed E-state index contributed by atoms with van der Waals surface area (Å²) in [5.74, 6) is 0.280. The summed E-state index contributed by atoms with van der Waals surface area (Å²) in [7, 11) is 0. The Hall–Kier alpha value is -2.25. The van der Waals surface area contributed by atoms with Crippen molar-refractivity contribution in [1.82, 2.24) is 0 Å². The molecule has 2 heteroatoms. The number of rotatable bonds is 3. The molecule has 0 aliphatic carbocycles. The van der Waals surface area contributed by atoms with Crippen molar-refractivity contribution in [3.05, 3.63) is 88.9 Å². The Bertz CT molecular complexity index is 748. The quantitative estimate of drug-likeness (QED) is 0.694. The summed E-state index contributed by atoms with van der Waals surface area (Å²) in [6, 6.07) is 23.5. The zero-order valence-corrected chi connectivity index (χ0v) is 12.2. The van der Waals surface area contributed by atoms with Gasteiger partial charge in [-0.1, -0.05) is 66.2 Å². The Balaban J connectivity index is 2.00. The third-order valence-electron chi connectivity index (χ3n) is 3.53. The monoisotopic (exact) mass is 294 g/mol. The van der Waals surface area contributed by atoms with Crippen LogP contribution in [0.5, 0.6) is 5.75 Å². The molecule has 1 nitrogen and oxygen atoms in total. The van der Waals surface area contributed by atoms with Crippen LogP contribution in [0.25, 0.3) is 11.1 Å². The number of hydrogen-bond acceptors (Lipinski definition) is 1. The molecule has 0 aliphatic rings. The van der Waals surface area contributed by atoms with Crippen molar-refractivity contribution in [3.8, 4) is 16.9 Å². The van der Waals surface area contributed by atoms with Crippen LogP contribution in [-0.2, 0) is 6.42 Å². The number of phenolic OH excluding ortho intramolecular Hbond substituents is 1. The fraction of sp³-hybridized carbons (Fsp3) is 0.0526. The number of benzene rings is 3. The molecule has 3 rings (SSSR count). The summed E-state index contributed by atoms with van der Waals surface area (Å²) in [5.41, 5.74) is 4.59. The van der Waals surface area contributed by atoms with Crippen LogP contribution in [0.2, 0.25) is 5.02 Å². The highest BCUT2D eigenvalue weighted by atomic mass is 35.5. The molecule has 3 aromatic rings. The molecule has 0 saturated carbocycles. The average Bonchev–Trinajstić information content (AvgIpc) is 2.51. The maximum absolute atomic E-state index is 9.43. The van der Waals surface area contributed by atoms with Crippen molar-refractivity contribution in [2.24, 2.45) is 0 Å². The van der Waals surface area contributed by atoms with Gasteiger partial charge in [0.15, 0.2) is 0 Å². The van der Waals surface area contributed by atoms with E-state index in [4.69, 9.17) is 11.6 Å². The van der Waals surface area contributed by atoms with Crippen LogP contribution in [0, 0.1) is 0 Å². The molecule has 0 bridgehead atoms. The molecule has 21 heavy (non-hydrogen) atoms. The molecule has 0 heterocycles. The van der Waals surface area contributed by atoms with Gasteiger partial charge in [-0.3, -0.25) is 0 Å². The molecule has 3 aromatic carbocycles. The molecule has 0 atom stereocenters. The Morgan fingerprint density at radius 1 is 0.714 bits per heavy atom. The van der Waals surface area contributed by atoms with E-state index >= 15 is 0 Å². The molecule has 0 fully saturated rings. The third-order valence-corrected chi connectivity index (χ3v) is 3.90. The molecule has 104 valence electrons. The molecule has 0 aromatic heterocycles. The first-order valence-corrected chi connectivity index (χ1v) is 7.22. The maximum Gasteiger partial charge on any atom is 0.115 e. The van der Waals surface area contributed by atoms with E-state index in [9.17, 15) is 5.11 Å². The summed E-state index contributed by atoms with van der Waals surface area (Å²) >= 11 is 6.26. The Kier molecular flexibility index (Phi) is 3.94. The molecule has 0 amide bonds. The standard InChI is InChI=1S/C19H15ClO/c20-19-8-4-2-6-16(19)13-15-5-1-3-7-18(15)14-9-11-17(21)12-10-14/h1-12,21H,13H2. The van der Waals surface area contributed by atoms with Gasteiger partial charge in [-0.15, -0.1) is 0 Å². The van der Waals surface area contributed by atoms with Crippen molar-refractivity contribution in [2.45, 2.75) is 6.42 Å². The number of aromatic hydroxyl groups is 1. The minimum atomic E-state index is 0.280. The van der Waals surface area contributed by atoms with E-state index in [2.05, 4.69) is 18.2 Å². The summed E-state index contributed by atoms with van der Waals surface area (Å²) in [6.45, 7) is 0. The second kappa shape index (κ2) is 6.02. The Labute approximate surface area is 129 Å². The molecular formula is C19H15ClO. The van der Waals surface area contributed by atoms with Gasteiger partial charge in [0.25, 0.3) is 0 Å². The highest BCUT2D eigenvalue weighted by Gasteiger charge is 2.07. The van der Waals surface area contributed by atoms with Gasteiger partial charge >= 0.3 is 0 Å². The normalized spacial score (nSPS) is 10.5. The predicted molar refractivity (Wildman–Crippen MR) is 87.8 cm³/mol. The van der Waals surface area contributed by atoms with Gasteiger partial charge in [0.05, 0.1) is 0 Å². The van der Waals surface area contributed by atoms with Crippen LogP contribution < -0.4 is 0 Å². The van der Waals surface area contributed by atoms with Gasteiger partial charge < -0.3 is 5.11 Å². The van der Waals surface area contributed by atoms with Crippen molar-refractivity contribution in [1.29, 1.82) is 0 Å². The first-order valence-electron chi connectivity index (χ1n) is 6.85. The van der Waals surface area contributed by atoms with Crippen LogP contribution in [0.1, 0.15) is 11.1 Å². The van der Waals surface area contributed by atoms with Crippen LogP contribution in [-0.4, -0.2) is 5.11 Å². The van der Waals surface area contributed by atoms with Crippen LogP contribution in [0.15, 0.2) is 72.8 Å². The van der Waals surface area contributed by atoms with Crippen LogP contribution in [0.4, 0.5) is 0 Å². The first-order chi connectivity index (χ1) is 10.2. The SMILES string of the molecule is Oc1ccc(-c2ccccc2Cc2ccccc2Cl)cc1. The van der Waals surface area contributed by atoms with Crippen LogP contribution >= 0.6 is 11.6 Å². The lowest BCUT2D eigenvalue weighted by molar-refractivity contribution is 0.475. The predicted octanol–water partition coefficient (Wildman–Crippen LogP) is 5.30. The lowest BCUT2D eigenvalue weighted by Crippen LogP contribution is -1.93. The zero-order valence-electron chi connectivity index (χ0n) is 11.5. The van der Waals surface area contributed by atoms with E-state index in [1.54, 1.807) is 12.1 Å². The molecule has 0 spiro atoms. The highest BCUT2D eigenvalue weighted by Crippen LogP contribution is 2.28. The van der Waals surface area contributed by atoms with Gasteiger partial charge in [-0.25, -0.2) is 0 Å². The average molecular weight is 295 g/mol. The topological polar surface area (TPSA) is 20.2 Å². The van der Waals surface area contributed by atoms with Crippen molar-refractivity contribution < 1.29 is 5.11 Å². The maximum atomic E-state index is 9.43. The zero-order chi connectivity index (χ0) is 14.7. The largest absolute Gasteiger partial charge is 0.508 e. The van der Waals surface area contributed by atoms with E-state index in [1.165, 1.54) is 5.56 Å². The number of hydrogen-bond donors (Lipinski definition) is 1. The molecule has 0 aliphatic heterocycles. The lowest BCUT2D eigenvalue weighted by Gasteiger charge is -2.11. The second-order valence-corrected chi connectivity index (χ2v) is 5.38. The summed E-state index contributed by atoms with van der Waals surface area (Å²) in [5, 5.41) is 10.2. The number of halogens is 1. The van der Waals surface area contributed by atoms with Crippen molar-refractivity contribution >= 4 is 11.6 Å². The Morgan fingerprint density at radius 2 is 1.33 bits per heavy atom. The van der Waals surface area contributed by atoms with Crippen molar-refractivity contribution in [3.63, 3.8) is 0 Å². The molecule has 1 N–H and O–H groups in total. The summed E-state index contributed by atoms with van der Waals surface area (Å²) in [4.78, 5) is 0. The fourth-order valence-electron chi connectivity index (χ4n) is 2.44. The van der Waals surface area contributed by atoms with E-state index < -0.39 is 0 Å². The first kappa shape index (κ1) is 13.7. The minimum absolute atomic E-state index is 0.280. The number of phenols is 1. The van der Waals surface area contributed by atoms with Gasteiger partial charge in [-0.05, 0) is 46.9 Å². The summed E-state index contributed by atoms with van der Waals surface area (Å²) < 4.78 is 0. The molecule has 0 radical (unpaired) electrons. The summed E-state index contributed by atoms with van der Waals surface area (Å²) in [6.07, 6.45) is 0.788.